The summed E-state index contributed by atoms with van der Waals surface area (Å²) in [4.78, 5) is 52.5. The van der Waals surface area contributed by atoms with E-state index in [-0.39, 0.29) is 35.5 Å². The number of carbonyl (C=O) groups excluding carboxylic acids is 3. The summed E-state index contributed by atoms with van der Waals surface area (Å²) in [6, 6.07) is 18.1. The zero-order valence-corrected chi connectivity index (χ0v) is 20.2. The SMILES string of the molecule is NS(=O)(=O)c1ccc(CCN(C(=O)c2cccc([N+](=O)[O-])c2)C2CC(=O)N(c3ccccc3)C2=O)cc1. The van der Waals surface area contributed by atoms with E-state index in [9.17, 15) is 32.9 Å². The summed E-state index contributed by atoms with van der Waals surface area (Å²) in [6.45, 7) is -0.0113. The van der Waals surface area contributed by atoms with Gasteiger partial charge >= 0.3 is 0 Å². The van der Waals surface area contributed by atoms with Gasteiger partial charge in [0.1, 0.15) is 6.04 Å². The van der Waals surface area contributed by atoms with E-state index in [1.165, 1.54) is 47.4 Å². The number of nitro groups is 1. The third-order valence-electron chi connectivity index (χ3n) is 5.97. The molecule has 37 heavy (non-hydrogen) atoms. The van der Waals surface area contributed by atoms with Gasteiger partial charge in [0, 0.05) is 24.2 Å². The Kier molecular flexibility index (Phi) is 7.14. The highest BCUT2D eigenvalue weighted by Crippen LogP contribution is 2.27. The number of primary sulfonamides is 1. The highest BCUT2D eigenvalue weighted by Gasteiger charge is 2.44. The van der Waals surface area contributed by atoms with Crippen LogP contribution in [0.3, 0.4) is 0 Å². The van der Waals surface area contributed by atoms with Crippen molar-refractivity contribution < 1.29 is 27.7 Å². The van der Waals surface area contributed by atoms with Gasteiger partial charge < -0.3 is 4.90 Å². The Bertz CT molecular complexity index is 1470. The molecular formula is C25H22N4O7S. The minimum absolute atomic E-state index is 0.00261. The van der Waals surface area contributed by atoms with E-state index in [2.05, 4.69) is 0 Å². The van der Waals surface area contributed by atoms with Crippen molar-refractivity contribution in [1.82, 2.24) is 4.90 Å². The number of hydrogen-bond donors (Lipinski definition) is 1. The van der Waals surface area contributed by atoms with Crippen molar-refractivity contribution in [1.29, 1.82) is 0 Å². The first-order valence-electron chi connectivity index (χ1n) is 11.2. The van der Waals surface area contributed by atoms with Crippen molar-refractivity contribution in [3.05, 3.63) is 100 Å². The molecule has 0 spiro atoms. The van der Waals surface area contributed by atoms with E-state index < -0.39 is 38.7 Å². The fourth-order valence-corrected chi connectivity index (χ4v) is 4.64. The summed E-state index contributed by atoms with van der Waals surface area (Å²) in [5, 5.41) is 16.4. The third kappa shape index (κ3) is 5.55. The van der Waals surface area contributed by atoms with Crippen molar-refractivity contribution in [3.8, 4) is 0 Å². The lowest BCUT2D eigenvalue weighted by Gasteiger charge is -2.28. The molecule has 1 heterocycles. The third-order valence-corrected chi connectivity index (χ3v) is 6.90. The van der Waals surface area contributed by atoms with Crippen LogP contribution >= 0.6 is 0 Å². The van der Waals surface area contributed by atoms with Crippen molar-refractivity contribution in [2.75, 3.05) is 11.4 Å². The molecular weight excluding hydrogens is 500 g/mol. The largest absolute Gasteiger partial charge is 0.326 e. The van der Waals surface area contributed by atoms with Gasteiger partial charge in [0.05, 0.1) is 21.9 Å². The van der Waals surface area contributed by atoms with Crippen LogP contribution in [0.5, 0.6) is 0 Å². The topological polar surface area (TPSA) is 161 Å². The molecule has 0 radical (unpaired) electrons. The molecule has 1 atom stereocenters. The van der Waals surface area contributed by atoms with E-state index in [4.69, 9.17) is 5.14 Å². The van der Waals surface area contributed by atoms with Crippen LogP contribution in [0.2, 0.25) is 0 Å². The summed E-state index contributed by atoms with van der Waals surface area (Å²) in [7, 11) is -3.88. The molecule has 1 saturated heterocycles. The second kappa shape index (κ2) is 10.3. The number of nitrogens with two attached hydrogens (primary N) is 1. The van der Waals surface area contributed by atoms with Crippen LogP contribution in [-0.4, -0.2) is 48.5 Å². The number of nitro benzene ring substituents is 1. The zero-order valence-electron chi connectivity index (χ0n) is 19.4. The van der Waals surface area contributed by atoms with Gasteiger partial charge in [0.25, 0.3) is 17.5 Å². The fourth-order valence-electron chi connectivity index (χ4n) is 4.12. The van der Waals surface area contributed by atoms with E-state index >= 15 is 0 Å². The number of hydrogen-bond acceptors (Lipinski definition) is 7. The predicted molar refractivity (Wildman–Crippen MR) is 133 cm³/mol. The molecule has 1 fully saturated rings. The van der Waals surface area contributed by atoms with Gasteiger partial charge in [0.15, 0.2) is 0 Å². The molecule has 2 N–H and O–H groups in total. The lowest BCUT2D eigenvalue weighted by Crippen LogP contribution is -2.46. The smallest absolute Gasteiger partial charge is 0.270 e. The lowest BCUT2D eigenvalue weighted by atomic mass is 10.1. The maximum atomic E-state index is 13.5. The molecule has 0 saturated carbocycles. The average Bonchev–Trinajstić information content (AvgIpc) is 3.17. The molecule has 1 aliphatic heterocycles. The lowest BCUT2D eigenvalue weighted by molar-refractivity contribution is -0.384. The molecule has 11 nitrogen and oxygen atoms in total. The predicted octanol–water partition coefficient (Wildman–Crippen LogP) is 2.26. The Morgan fingerprint density at radius 2 is 1.70 bits per heavy atom. The number of amides is 3. The first-order valence-corrected chi connectivity index (χ1v) is 12.7. The van der Waals surface area contributed by atoms with Gasteiger partial charge in [-0.25, -0.2) is 18.5 Å². The van der Waals surface area contributed by atoms with Gasteiger partial charge in [0.2, 0.25) is 15.9 Å². The van der Waals surface area contributed by atoms with Crippen molar-refractivity contribution in [2.24, 2.45) is 5.14 Å². The number of carbonyl (C=O) groups is 3. The Balaban J connectivity index is 1.65. The van der Waals surface area contributed by atoms with Gasteiger partial charge in [-0.05, 0) is 42.3 Å². The van der Waals surface area contributed by atoms with Crippen LogP contribution in [0.25, 0.3) is 0 Å². The van der Waals surface area contributed by atoms with Gasteiger partial charge in [-0.15, -0.1) is 0 Å². The van der Waals surface area contributed by atoms with Crippen LogP contribution in [0.15, 0.2) is 83.8 Å². The van der Waals surface area contributed by atoms with Crippen molar-refractivity contribution >= 4 is 39.1 Å². The molecule has 0 bridgehead atoms. The fraction of sp³-hybridized carbons (Fsp3) is 0.160. The Morgan fingerprint density at radius 3 is 2.32 bits per heavy atom. The molecule has 0 aromatic heterocycles. The molecule has 3 aromatic carbocycles. The maximum Gasteiger partial charge on any atom is 0.270 e. The molecule has 0 aliphatic carbocycles. The number of benzene rings is 3. The molecule has 12 heteroatoms. The number of para-hydroxylation sites is 1. The summed E-state index contributed by atoms with van der Waals surface area (Å²) in [5.74, 6) is -1.71. The maximum absolute atomic E-state index is 13.5. The van der Waals surface area contributed by atoms with E-state index in [1.54, 1.807) is 30.3 Å². The average molecular weight is 523 g/mol. The molecule has 3 amide bonds. The van der Waals surface area contributed by atoms with E-state index in [0.29, 0.717) is 11.3 Å². The standard InChI is InChI=1S/C25H22N4O7S/c26-37(35,36)21-11-9-17(10-12-21)13-14-27(24(31)18-5-4-8-20(15-18)29(33)34)22-16-23(30)28(25(22)32)19-6-2-1-3-7-19/h1-12,15,22H,13-14,16H2,(H2,26,35,36). The number of sulfonamides is 1. The number of anilines is 1. The van der Waals surface area contributed by atoms with Gasteiger partial charge in [-0.2, -0.15) is 0 Å². The van der Waals surface area contributed by atoms with Crippen LogP contribution in [0.1, 0.15) is 22.3 Å². The molecule has 190 valence electrons. The zero-order chi connectivity index (χ0) is 26.7. The van der Waals surface area contributed by atoms with Crippen LogP contribution in [0.4, 0.5) is 11.4 Å². The monoisotopic (exact) mass is 522 g/mol. The molecule has 1 aliphatic rings. The quantitative estimate of drug-likeness (QED) is 0.270. The second-order valence-electron chi connectivity index (χ2n) is 8.37. The number of rotatable bonds is 8. The second-order valence-corrected chi connectivity index (χ2v) is 9.93. The highest BCUT2D eigenvalue weighted by molar-refractivity contribution is 7.89. The van der Waals surface area contributed by atoms with Gasteiger partial charge in [-0.3, -0.25) is 24.5 Å². The van der Waals surface area contributed by atoms with Gasteiger partial charge in [-0.1, -0.05) is 36.4 Å². The minimum Gasteiger partial charge on any atom is -0.326 e. The van der Waals surface area contributed by atoms with Crippen LogP contribution < -0.4 is 10.0 Å². The normalized spacial score (nSPS) is 15.6. The van der Waals surface area contributed by atoms with Crippen molar-refractivity contribution in [2.45, 2.75) is 23.8 Å². The molecule has 4 rings (SSSR count). The Hall–Kier alpha value is -4.42. The number of non-ortho nitro benzene ring substituents is 1. The molecule has 1 unspecified atom stereocenters. The summed E-state index contributed by atoms with van der Waals surface area (Å²) < 4.78 is 23.0. The van der Waals surface area contributed by atoms with E-state index in [0.717, 1.165) is 11.0 Å². The number of nitrogens with zero attached hydrogens (tertiary/aromatic N) is 3. The Morgan fingerprint density at radius 1 is 1.03 bits per heavy atom. The van der Waals surface area contributed by atoms with Crippen LogP contribution in [-0.2, 0) is 26.0 Å². The first kappa shape index (κ1) is 25.7. The van der Waals surface area contributed by atoms with Crippen LogP contribution in [0, 0.1) is 10.1 Å². The van der Waals surface area contributed by atoms with E-state index in [1.807, 2.05) is 0 Å². The van der Waals surface area contributed by atoms with Crippen molar-refractivity contribution in [3.63, 3.8) is 0 Å². The first-order chi connectivity index (χ1) is 17.6. The molecule has 3 aromatic rings. The number of imide groups is 1. The summed E-state index contributed by atoms with van der Waals surface area (Å²) >= 11 is 0. The summed E-state index contributed by atoms with van der Waals surface area (Å²) in [5.41, 5.74) is 0.739. The minimum atomic E-state index is -3.88. The highest BCUT2D eigenvalue weighted by atomic mass is 32.2. The Labute approximate surface area is 212 Å². The summed E-state index contributed by atoms with van der Waals surface area (Å²) in [6.07, 6.45) is -0.0341.